The van der Waals surface area contributed by atoms with E-state index in [1.807, 2.05) is 12.1 Å². The predicted octanol–water partition coefficient (Wildman–Crippen LogP) is 3.30. The van der Waals surface area contributed by atoms with Crippen LogP contribution >= 0.6 is 0 Å². The molecule has 1 aliphatic heterocycles. The van der Waals surface area contributed by atoms with Gasteiger partial charge in [0.05, 0.1) is 0 Å². The Morgan fingerprint density at radius 2 is 1.94 bits per heavy atom. The highest BCUT2D eigenvalue weighted by Crippen LogP contribution is 2.38. The quantitative estimate of drug-likeness (QED) is 0.764. The smallest absolute Gasteiger partial charge is 0.151 e. The van der Waals surface area contributed by atoms with Crippen molar-refractivity contribution in [2.45, 2.75) is 39.5 Å². The third-order valence-corrected chi connectivity index (χ3v) is 4.55. The number of carbonyl (C=O) groups is 1. The molecule has 0 atom stereocenters. The number of hydrogen-bond donors (Lipinski definition) is 0. The zero-order valence-electron chi connectivity index (χ0n) is 11.4. The Morgan fingerprint density at radius 3 is 2.39 bits per heavy atom. The van der Waals surface area contributed by atoms with Gasteiger partial charge in [0, 0.05) is 24.8 Å². The molecule has 2 rings (SSSR count). The van der Waals surface area contributed by atoms with E-state index < -0.39 is 0 Å². The molecule has 2 heterocycles. The number of anilines is 1. The van der Waals surface area contributed by atoms with Gasteiger partial charge in [0.1, 0.15) is 5.82 Å². The number of carbonyl (C=O) groups excluding carboxylic acids is 1. The van der Waals surface area contributed by atoms with Crippen molar-refractivity contribution < 1.29 is 4.79 Å². The minimum atomic E-state index is 0.541. The van der Waals surface area contributed by atoms with Crippen molar-refractivity contribution >= 4 is 12.1 Å². The molecule has 0 radical (unpaired) electrons. The van der Waals surface area contributed by atoms with Crippen LogP contribution in [0.1, 0.15) is 49.9 Å². The summed E-state index contributed by atoms with van der Waals surface area (Å²) in [4.78, 5) is 17.3. The van der Waals surface area contributed by atoms with E-state index in [4.69, 9.17) is 0 Å². The van der Waals surface area contributed by atoms with E-state index in [0.29, 0.717) is 11.0 Å². The minimum absolute atomic E-state index is 0.541. The molecule has 0 N–H and O–H groups in total. The maximum atomic E-state index is 10.6. The van der Waals surface area contributed by atoms with E-state index in [2.05, 4.69) is 23.7 Å². The average Bonchev–Trinajstić information content (AvgIpc) is 2.47. The highest BCUT2D eigenvalue weighted by atomic mass is 16.1. The molecule has 0 aromatic carbocycles. The lowest BCUT2D eigenvalue weighted by atomic mass is 9.74. The van der Waals surface area contributed by atoms with Crippen LogP contribution in [-0.4, -0.2) is 24.4 Å². The molecule has 0 bridgehead atoms. The lowest BCUT2D eigenvalue weighted by Crippen LogP contribution is -2.40. The van der Waals surface area contributed by atoms with Crippen LogP contribution in [0.25, 0.3) is 0 Å². The molecule has 1 aliphatic rings. The fraction of sp³-hybridized carbons (Fsp3) is 0.600. The molecule has 98 valence electrons. The van der Waals surface area contributed by atoms with Crippen molar-refractivity contribution in [2.75, 3.05) is 18.0 Å². The fourth-order valence-corrected chi connectivity index (χ4v) is 2.82. The van der Waals surface area contributed by atoms with Crippen LogP contribution in [0, 0.1) is 5.41 Å². The number of hydrogen-bond acceptors (Lipinski definition) is 3. The molecule has 0 amide bonds. The standard InChI is InChI=1S/C15H22N2O/c1-3-15(4-2)7-9-17(10-8-15)14-6-5-13(12-18)11-16-14/h5-6,11-12H,3-4,7-10H2,1-2H3. The zero-order chi connectivity index (χ0) is 13.0. The average molecular weight is 246 g/mol. The molecule has 0 spiro atoms. The van der Waals surface area contributed by atoms with Gasteiger partial charge in [0.2, 0.25) is 0 Å². The van der Waals surface area contributed by atoms with Gasteiger partial charge in [-0.05, 0) is 30.4 Å². The van der Waals surface area contributed by atoms with Crippen LogP contribution in [0.15, 0.2) is 18.3 Å². The second kappa shape index (κ2) is 5.51. The minimum Gasteiger partial charge on any atom is -0.357 e. The Bertz CT molecular complexity index is 385. The number of pyridine rings is 1. The van der Waals surface area contributed by atoms with Crippen LogP contribution in [-0.2, 0) is 0 Å². The van der Waals surface area contributed by atoms with Crippen molar-refractivity contribution in [3.8, 4) is 0 Å². The van der Waals surface area contributed by atoms with Gasteiger partial charge in [-0.15, -0.1) is 0 Å². The molecule has 1 aromatic heterocycles. The normalized spacial score (nSPS) is 18.7. The zero-order valence-corrected chi connectivity index (χ0v) is 11.4. The first-order valence-corrected chi connectivity index (χ1v) is 6.89. The summed E-state index contributed by atoms with van der Waals surface area (Å²) in [5.74, 6) is 1.00. The Morgan fingerprint density at radius 1 is 1.28 bits per heavy atom. The summed E-state index contributed by atoms with van der Waals surface area (Å²) in [5.41, 5.74) is 1.19. The highest BCUT2D eigenvalue weighted by molar-refractivity contribution is 5.74. The second-order valence-corrected chi connectivity index (χ2v) is 5.26. The number of nitrogens with zero attached hydrogens (tertiary/aromatic N) is 2. The Labute approximate surface area is 109 Å². The molecule has 1 aromatic rings. The van der Waals surface area contributed by atoms with Gasteiger partial charge in [-0.1, -0.05) is 26.7 Å². The van der Waals surface area contributed by atoms with Crippen LogP contribution in [0.4, 0.5) is 5.82 Å². The Balaban J connectivity index is 2.02. The number of aldehydes is 1. The summed E-state index contributed by atoms with van der Waals surface area (Å²) in [5, 5.41) is 0. The van der Waals surface area contributed by atoms with E-state index in [9.17, 15) is 4.79 Å². The summed E-state index contributed by atoms with van der Waals surface area (Å²) in [6, 6.07) is 3.80. The van der Waals surface area contributed by atoms with Gasteiger partial charge in [-0.25, -0.2) is 4.98 Å². The first kappa shape index (κ1) is 13.1. The van der Waals surface area contributed by atoms with E-state index in [1.165, 1.54) is 25.7 Å². The van der Waals surface area contributed by atoms with Gasteiger partial charge < -0.3 is 4.90 Å². The van der Waals surface area contributed by atoms with E-state index >= 15 is 0 Å². The van der Waals surface area contributed by atoms with Crippen LogP contribution in [0.5, 0.6) is 0 Å². The number of rotatable bonds is 4. The van der Waals surface area contributed by atoms with Gasteiger partial charge in [-0.3, -0.25) is 4.79 Å². The number of aromatic nitrogens is 1. The maximum Gasteiger partial charge on any atom is 0.151 e. The van der Waals surface area contributed by atoms with Gasteiger partial charge in [-0.2, -0.15) is 0 Å². The molecular formula is C15H22N2O. The maximum absolute atomic E-state index is 10.6. The SMILES string of the molecule is CCC1(CC)CCN(c2ccc(C=O)cn2)CC1. The molecule has 3 nitrogen and oxygen atoms in total. The molecule has 0 saturated carbocycles. The van der Waals surface area contributed by atoms with Crippen molar-refractivity contribution in [3.63, 3.8) is 0 Å². The largest absolute Gasteiger partial charge is 0.357 e. The lowest BCUT2D eigenvalue weighted by molar-refractivity contribution is 0.112. The molecule has 1 fully saturated rings. The summed E-state index contributed by atoms with van der Waals surface area (Å²) in [6.45, 7) is 6.76. The van der Waals surface area contributed by atoms with Crippen LogP contribution < -0.4 is 4.90 Å². The topological polar surface area (TPSA) is 33.2 Å². The Hall–Kier alpha value is -1.38. The van der Waals surface area contributed by atoms with Crippen LogP contribution in [0.2, 0.25) is 0 Å². The lowest BCUT2D eigenvalue weighted by Gasteiger charge is -2.41. The van der Waals surface area contributed by atoms with Gasteiger partial charge in [0.25, 0.3) is 0 Å². The van der Waals surface area contributed by atoms with Gasteiger partial charge in [0.15, 0.2) is 6.29 Å². The molecular weight excluding hydrogens is 224 g/mol. The van der Waals surface area contributed by atoms with Crippen molar-refractivity contribution in [2.24, 2.45) is 5.41 Å². The van der Waals surface area contributed by atoms with Crippen molar-refractivity contribution in [1.82, 2.24) is 4.98 Å². The summed E-state index contributed by atoms with van der Waals surface area (Å²) < 4.78 is 0. The fourth-order valence-electron chi connectivity index (χ4n) is 2.82. The van der Waals surface area contributed by atoms with Crippen molar-refractivity contribution in [3.05, 3.63) is 23.9 Å². The first-order valence-electron chi connectivity index (χ1n) is 6.89. The van der Waals surface area contributed by atoms with E-state index in [0.717, 1.165) is 25.2 Å². The molecule has 3 heteroatoms. The number of piperidine rings is 1. The molecule has 0 aliphatic carbocycles. The van der Waals surface area contributed by atoms with Crippen molar-refractivity contribution in [1.29, 1.82) is 0 Å². The molecule has 0 unspecified atom stereocenters. The molecule has 1 saturated heterocycles. The van der Waals surface area contributed by atoms with Crippen LogP contribution in [0.3, 0.4) is 0 Å². The summed E-state index contributed by atoms with van der Waals surface area (Å²) >= 11 is 0. The second-order valence-electron chi connectivity index (χ2n) is 5.26. The molecule has 18 heavy (non-hydrogen) atoms. The Kier molecular flexibility index (Phi) is 4.00. The summed E-state index contributed by atoms with van der Waals surface area (Å²) in [7, 11) is 0. The third kappa shape index (κ3) is 2.55. The predicted molar refractivity (Wildman–Crippen MR) is 74.1 cm³/mol. The van der Waals surface area contributed by atoms with E-state index in [1.54, 1.807) is 6.20 Å². The van der Waals surface area contributed by atoms with E-state index in [-0.39, 0.29) is 0 Å². The monoisotopic (exact) mass is 246 g/mol. The van der Waals surface area contributed by atoms with Gasteiger partial charge >= 0.3 is 0 Å². The first-order chi connectivity index (χ1) is 8.73. The summed E-state index contributed by atoms with van der Waals surface area (Å²) in [6.07, 6.45) is 7.54. The third-order valence-electron chi connectivity index (χ3n) is 4.55. The highest BCUT2D eigenvalue weighted by Gasteiger charge is 2.31.